The number of nitrogens with zero attached hydrogens (tertiary/aromatic N) is 2. The first-order chi connectivity index (χ1) is 12.4. The monoisotopic (exact) mass is 377 g/mol. The Labute approximate surface area is 151 Å². The second-order valence-electron chi connectivity index (χ2n) is 7.00. The van der Waals surface area contributed by atoms with Crippen molar-refractivity contribution in [3.8, 4) is 0 Å². The molecule has 8 heteroatoms. The van der Waals surface area contributed by atoms with E-state index in [1.807, 2.05) is 0 Å². The number of hydrogen-bond acceptors (Lipinski definition) is 4. The average molecular weight is 377 g/mol. The third kappa shape index (κ3) is 3.51. The summed E-state index contributed by atoms with van der Waals surface area (Å²) in [6.07, 6.45) is 2.59. The van der Waals surface area contributed by atoms with Gasteiger partial charge in [0.05, 0.1) is 17.5 Å². The molecule has 2 heterocycles. The van der Waals surface area contributed by atoms with E-state index in [9.17, 15) is 17.6 Å². The molecule has 2 aromatic rings. The SMILES string of the molecule is O=C(NCc1ccccc1F)c1cc(C2CC2)n(C2CCS(=O)(=O)C2)n1. The van der Waals surface area contributed by atoms with Crippen molar-refractivity contribution in [2.75, 3.05) is 11.5 Å². The highest BCUT2D eigenvalue weighted by atomic mass is 32.2. The lowest BCUT2D eigenvalue weighted by molar-refractivity contribution is 0.0944. The fourth-order valence-electron chi connectivity index (χ4n) is 3.37. The van der Waals surface area contributed by atoms with Crippen molar-refractivity contribution in [2.24, 2.45) is 0 Å². The summed E-state index contributed by atoms with van der Waals surface area (Å²) in [5.74, 6) is -0.164. The minimum absolute atomic E-state index is 0.0741. The third-order valence-corrected chi connectivity index (χ3v) is 6.69. The van der Waals surface area contributed by atoms with E-state index in [1.165, 1.54) is 6.07 Å². The van der Waals surface area contributed by atoms with Gasteiger partial charge in [0.15, 0.2) is 9.84 Å². The molecule has 4 rings (SSSR count). The minimum atomic E-state index is -3.03. The van der Waals surface area contributed by atoms with Gasteiger partial charge in [0, 0.05) is 23.7 Å². The van der Waals surface area contributed by atoms with Crippen molar-refractivity contribution >= 4 is 15.7 Å². The van der Waals surface area contributed by atoms with E-state index >= 15 is 0 Å². The fraction of sp³-hybridized carbons (Fsp3) is 0.444. The zero-order chi connectivity index (χ0) is 18.3. The average Bonchev–Trinajstić information content (AvgIpc) is 3.25. The molecule has 1 amide bonds. The van der Waals surface area contributed by atoms with Gasteiger partial charge in [-0.2, -0.15) is 5.10 Å². The van der Waals surface area contributed by atoms with Crippen LogP contribution in [0.2, 0.25) is 0 Å². The van der Waals surface area contributed by atoms with Gasteiger partial charge < -0.3 is 5.32 Å². The standard InChI is InChI=1S/C18H20FN3O3S/c19-15-4-2-1-3-13(15)10-20-18(23)16-9-17(12-5-6-12)22(21-16)14-7-8-26(24,25)11-14/h1-4,9,12,14H,5-8,10-11H2,(H,20,23). The summed E-state index contributed by atoms with van der Waals surface area (Å²) in [6.45, 7) is 0.0783. The number of halogens is 1. The Morgan fingerprint density at radius 1 is 1.27 bits per heavy atom. The van der Waals surface area contributed by atoms with Crippen LogP contribution in [0.1, 0.15) is 53.0 Å². The summed E-state index contributed by atoms with van der Waals surface area (Å²) < 4.78 is 39.0. The number of amides is 1. The Morgan fingerprint density at radius 2 is 2.04 bits per heavy atom. The van der Waals surface area contributed by atoms with Crippen LogP contribution < -0.4 is 5.32 Å². The van der Waals surface area contributed by atoms with E-state index in [4.69, 9.17) is 0 Å². The van der Waals surface area contributed by atoms with Crippen molar-refractivity contribution in [1.82, 2.24) is 15.1 Å². The number of hydrogen-bond donors (Lipinski definition) is 1. The number of aromatic nitrogens is 2. The number of nitrogens with one attached hydrogen (secondary N) is 1. The molecule has 0 radical (unpaired) electrons. The number of rotatable bonds is 5. The number of sulfone groups is 1. The Balaban J connectivity index is 1.52. The molecule has 1 unspecified atom stereocenters. The highest BCUT2D eigenvalue weighted by Gasteiger charge is 2.36. The molecule has 2 aliphatic rings. The maximum Gasteiger partial charge on any atom is 0.272 e. The van der Waals surface area contributed by atoms with Crippen molar-refractivity contribution < 1.29 is 17.6 Å². The topological polar surface area (TPSA) is 81.1 Å². The second kappa shape index (κ2) is 6.50. The quantitative estimate of drug-likeness (QED) is 0.866. The molecule has 26 heavy (non-hydrogen) atoms. The van der Waals surface area contributed by atoms with Gasteiger partial charge in [-0.3, -0.25) is 9.48 Å². The predicted molar refractivity (Wildman–Crippen MR) is 94.1 cm³/mol. The molecule has 1 aromatic carbocycles. The van der Waals surface area contributed by atoms with E-state index < -0.39 is 9.84 Å². The van der Waals surface area contributed by atoms with Crippen LogP contribution in [0.3, 0.4) is 0 Å². The Morgan fingerprint density at radius 3 is 2.69 bits per heavy atom. The molecule has 2 fully saturated rings. The molecule has 1 aromatic heterocycles. The van der Waals surface area contributed by atoms with Crippen LogP contribution in [0, 0.1) is 5.82 Å². The fourth-order valence-corrected chi connectivity index (χ4v) is 5.06. The van der Waals surface area contributed by atoms with Crippen LogP contribution in [-0.2, 0) is 16.4 Å². The Bertz CT molecular complexity index is 950. The molecule has 1 aliphatic heterocycles. The lowest BCUT2D eigenvalue weighted by atomic mass is 10.2. The maximum atomic E-state index is 13.7. The number of carbonyl (C=O) groups excluding carboxylic acids is 1. The minimum Gasteiger partial charge on any atom is -0.346 e. The van der Waals surface area contributed by atoms with Crippen LogP contribution in [-0.4, -0.2) is 35.6 Å². The first kappa shape index (κ1) is 17.2. The van der Waals surface area contributed by atoms with Crippen LogP contribution >= 0.6 is 0 Å². The summed E-state index contributed by atoms with van der Waals surface area (Å²) in [5, 5.41) is 7.09. The van der Waals surface area contributed by atoms with Gasteiger partial charge in [0.25, 0.3) is 5.91 Å². The number of carbonyl (C=O) groups is 1. The maximum absolute atomic E-state index is 13.7. The van der Waals surface area contributed by atoms with Crippen molar-refractivity contribution in [2.45, 2.75) is 37.8 Å². The Kier molecular flexibility index (Phi) is 4.30. The second-order valence-corrected chi connectivity index (χ2v) is 9.23. The normalized spacial score (nSPS) is 21.7. The van der Waals surface area contributed by atoms with Crippen LogP contribution in [0.25, 0.3) is 0 Å². The highest BCUT2D eigenvalue weighted by Crippen LogP contribution is 2.42. The molecule has 1 saturated heterocycles. The van der Waals surface area contributed by atoms with E-state index in [0.29, 0.717) is 17.9 Å². The zero-order valence-corrected chi connectivity index (χ0v) is 15.0. The predicted octanol–water partition coefficient (Wildman–Crippen LogP) is 2.19. The molecule has 1 aliphatic carbocycles. The van der Waals surface area contributed by atoms with E-state index in [2.05, 4.69) is 10.4 Å². The van der Waals surface area contributed by atoms with Gasteiger partial charge in [-0.05, 0) is 31.4 Å². The van der Waals surface area contributed by atoms with Crippen molar-refractivity contribution in [3.05, 3.63) is 53.1 Å². The molecule has 0 spiro atoms. The third-order valence-electron chi connectivity index (χ3n) is 4.94. The van der Waals surface area contributed by atoms with E-state index in [0.717, 1.165) is 18.5 Å². The highest BCUT2D eigenvalue weighted by molar-refractivity contribution is 7.91. The van der Waals surface area contributed by atoms with E-state index in [1.54, 1.807) is 28.9 Å². The molecule has 6 nitrogen and oxygen atoms in total. The van der Waals surface area contributed by atoms with Gasteiger partial charge in [0.1, 0.15) is 11.5 Å². The van der Waals surface area contributed by atoms with Crippen LogP contribution in [0.5, 0.6) is 0 Å². The summed E-state index contributed by atoms with van der Waals surface area (Å²) in [5.41, 5.74) is 1.60. The van der Waals surface area contributed by atoms with Gasteiger partial charge in [-0.25, -0.2) is 12.8 Å². The molecule has 1 saturated carbocycles. The summed E-state index contributed by atoms with van der Waals surface area (Å²) in [7, 11) is -3.03. The first-order valence-corrected chi connectivity index (χ1v) is 10.6. The van der Waals surface area contributed by atoms with Crippen molar-refractivity contribution in [1.29, 1.82) is 0 Å². The van der Waals surface area contributed by atoms with Gasteiger partial charge in [-0.15, -0.1) is 0 Å². The Hall–Kier alpha value is -2.22. The number of benzene rings is 1. The zero-order valence-electron chi connectivity index (χ0n) is 14.2. The molecule has 0 bridgehead atoms. The lowest BCUT2D eigenvalue weighted by Crippen LogP contribution is -2.24. The van der Waals surface area contributed by atoms with Crippen LogP contribution in [0.4, 0.5) is 4.39 Å². The van der Waals surface area contributed by atoms with E-state index in [-0.39, 0.29) is 41.5 Å². The summed E-state index contributed by atoms with van der Waals surface area (Å²) >= 11 is 0. The first-order valence-electron chi connectivity index (χ1n) is 8.74. The van der Waals surface area contributed by atoms with Gasteiger partial charge in [0.2, 0.25) is 0 Å². The summed E-state index contributed by atoms with van der Waals surface area (Å²) in [4.78, 5) is 12.5. The molecule has 1 N–H and O–H groups in total. The van der Waals surface area contributed by atoms with Gasteiger partial charge >= 0.3 is 0 Å². The van der Waals surface area contributed by atoms with Crippen molar-refractivity contribution in [3.63, 3.8) is 0 Å². The smallest absolute Gasteiger partial charge is 0.272 e. The molecule has 138 valence electrons. The van der Waals surface area contributed by atoms with Crippen LogP contribution in [0.15, 0.2) is 30.3 Å². The lowest BCUT2D eigenvalue weighted by Gasteiger charge is -2.12. The molecule has 1 atom stereocenters. The summed E-state index contributed by atoms with van der Waals surface area (Å²) in [6, 6.07) is 7.82. The molecular weight excluding hydrogens is 357 g/mol. The van der Waals surface area contributed by atoms with Gasteiger partial charge in [-0.1, -0.05) is 18.2 Å². The largest absolute Gasteiger partial charge is 0.346 e. The molecular formula is C18H20FN3O3S.